The third-order valence-electron chi connectivity index (χ3n) is 4.13. The smallest absolute Gasteiger partial charge is 0.149 e. The average molecular weight is 352 g/mol. The highest BCUT2D eigenvalue weighted by Crippen LogP contribution is 2.33. The molecule has 0 saturated heterocycles. The Bertz CT molecular complexity index is 661. The summed E-state index contributed by atoms with van der Waals surface area (Å²) in [5.74, 6) is -1.12. The van der Waals surface area contributed by atoms with Gasteiger partial charge in [-0.15, -0.1) is 0 Å². The second kappa shape index (κ2) is 8.24. The normalized spacial score (nSPS) is 22.4. The van der Waals surface area contributed by atoms with Gasteiger partial charge in [0.25, 0.3) is 0 Å². The van der Waals surface area contributed by atoms with E-state index in [1.54, 1.807) is 10.8 Å². The van der Waals surface area contributed by atoms with Crippen LogP contribution in [0.15, 0.2) is 22.8 Å². The number of aryl methyl sites for hydroxylation is 2. The third kappa shape index (κ3) is 4.12. The lowest BCUT2D eigenvalue weighted by Crippen LogP contribution is -2.38. The summed E-state index contributed by atoms with van der Waals surface area (Å²) in [7, 11) is 1.83. The summed E-state index contributed by atoms with van der Waals surface area (Å²) in [5.41, 5.74) is 3.61. The maximum Gasteiger partial charge on any atom is 0.149 e. The Morgan fingerprint density at radius 1 is 1.46 bits per heavy atom. The molecule has 0 radical (unpaired) electrons. The summed E-state index contributed by atoms with van der Waals surface area (Å²) in [6, 6.07) is 1.93. The van der Waals surface area contributed by atoms with E-state index in [-0.39, 0.29) is 24.1 Å². The molecule has 0 atom stereocenters. The van der Waals surface area contributed by atoms with Crippen molar-refractivity contribution in [1.29, 1.82) is 0 Å². The van der Waals surface area contributed by atoms with Crippen LogP contribution in [-0.4, -0.2) is 33.7 Å². The summed E-state index contributed by atoms with van der Waals surface area (Å²) < 4.78 is 1.75. The highest BCUT2D eigenvalue weighted by molar-refractivity contribution is 6.25. The zero-order chi connectivity index (χ0) is 17.7. The van der Waals surface area contributed by atoms with Crippen LogP contribution in [0.2, 0.25) is 0 Å². The van der Waals surface area contributed by atoms with E-state index in [2.05, 4.69) is 10.3 Å². The molecule has 0 amide bonds. The van der Waals surface area contributed by atoms with Gasteiger partial charge < -0.3 is 4.84 Å². The minimum atomic E-state index is -0.791. The Balaban J connectivity index is 2.14. The fourth-order valence-corrected chi connectivity index (χ4v) is 3.16. The van der Waals surface area contributed by atoms with Crippen LogP contribution in [0.5, 0.6) is 0 Å². The maximum atomic E-state index is 12.6. The van der Waals surface area contributed by atoms with Gasteiger partial charge in [0.15, 0.2) is 0 Å². The summed E-state index contributed by atoms with van der Waals surface area (Å²) in [6.45, 7) is 3.96. The lowest BCUT2D eigenvalue weighted by Gasteiger charge is -2.26. The van der Waals surface area contributed by atoms with Crippen LogP contribution >= 0.6 is 11.6 Å². The molecule has 24 heavy (non-hydrogen) atoms. The lowest BCUT2D eigenvalue weighted by molar-refractivity contribution is -0.133. The van der Waals surface area contributed by atoms with E-state index < -0.39 is 5.92 Å². The Labute approximate surface area is 146 Å². The first-order chi connectivity index (χ1) is 11.5. The van der Waals surface area contributed by atoms with Gasteiger partial charge in [-0.2, -0.15) is 5.10 Å². The topological polar surface area (TPSA) is 73.5 Å². The molecule has 2 rings (SSSR count). The zero-order valence-electron chi connectivity index (χ0n) is 14.2. The van der Waals surface area contributed by atoms with Crippen molar-refractivity contribution in [2.45, 2.75) is 39.0 Å². The summed E-state index contributed by atoms with van der Waals surface area (Å²) in [5, 5.41) is 8.27. The quantitative estimate of drug-likeness (QED) is 0.342. The van der Waals surface area contributed by atoms with E-state index >= 15 is 0 Å². The van der Waals surface area contributed by atoms with E-state index in [4.69, 9.17) is 16.4 Å². The third-order valence-corrected chi connectivity index (χ3v) is 4.31. The summed E-state index contributed by atoms with van der Waals surface area (Å²) >= 11 is 5.41. The molecule has 6 nitrogen and oxygen atoms in total. The number of halogens is 1. The number of aromatic nitrogens is 2. The number of ketones is 2. The number of Topliss-reactive ketones (excluding diaryl/α,β-unsaturated/α-hetero) is 2. The Morgan fingerprint density at radius 2 is 2.12 bits per heavy atom. The molecule has 0 bridgehead atoms. The van der Waals surface area contributed by atoms with Gasteiger partial charge in [0.1, 0.15) is 24.1 Å². The van der Waals surface area contributed by atoms with Crippen molar-refractivity contribution in [2.24, 2.45) is 18.1 Å². The molecule has 7 heteroatoms. The molecular formula is C17H22ClN3O3. The number of hydrogen-bond donors (Lipinski definition) is 0. The van der Waals surface area contributed by atoms with Gasteiger partial charge in [0.2, 0.25) is 0 Å². The monoisotopic (exact) mass is 351 g/mol. The van der Waals surface area contributed by atoms with Gasteiger partial charge in [-0.05, 0) is 25.5 Å². The second-order valence-corrected chi connectivity index (χ2v) is 6.15. The van der Waals surface area contributed by atoms with Gasteiger partial charge >= 0.3 is 0 Å². The number of nitrogens with zero attached hydrogens (tertiary/aromatic N) is 3. The Hall–Kier alpha value is -1.95. The molecular weight excluding hydrogens is 330 g/mol. The largest absolute Gasteiger partial charge is 0.392 e. The van der Waals surface area contributed by atoms with E-state index in [0.717, 1.165) is 11.4 Å². The van der Waals surface area contributed by atoms with Crippen LogP contribution in [-0.2, 0) is 21.5 Å². The van der Waals surface area contributed by atoms with Crippen LogP contribution < -0.4 is 0 Å². The van der Waals surface area contributed by atoms with Crippen molar-refractivity contribution < 1.29 is 14.4 Å². The van der Waals surface area contributed by atoms with Crippen molar-refractivity contribution in [2.75, 3.05) is 6.61 Å². The molecule has 1 fully saturated rings. The van der Waals surface area contributed by atoms with E-state index in [1.807, 2.05) is 27.0 Å². The van der Waals surface area contributed by atoms with E-state index in [1.165, 1.54) is 5.54 Å². The van der Waals surface area contributed by atoms with Gasteiger partial charge in [-0.1, -0.05) is 23.7 Å². The molecule has 0 aromatic carbocycles. The minimum Gasteiger partial charge on any atom is -0.392 e. The molecule has 130 valence electrons. The van der Waals surface area contributed by atoms with Crippen LogP contribution in [0.1, 0.15) is 43.5 Å². The number of oxime groups is 1. The molecule has 1 aromatic heterocycles. The van der Waals surface area contributed by atoms with E-state index in [0.29, 0.717) is 25.0 Å². The van der Waals surface area contributed by atoms with Gasteiger partial charge in [0, 0.05) is 37.0 Å². The molecule has 1 heterocycles. The molecule has 1 aliphatic carbocycles. The fraction of sp³-hybridized carbons (Fsp3) is 0.529. The summed E-state index contributed by atoms with van der Waals surface area (Å²) in [4.78, 5) is 30.3. The van der Waals surface area contributed by atoms with Crippen molar-refractivity contribution in [1.82, 2.24) is 9.78 Å². The molecule has 0 N–H and O–H groups in total. The highest BCUT2D eigenvalue weighted by atomic mass is 35.5. The zero-order valence-corrected chi connectivity index (χ0v) is 14.9. The number of rotatable bonds is 6. The second-order valence-electron chi connectivity index (χ2n) is 5.90. The SMILES string of the molecule is CCC(=NOCC=CCl)C1C(=O)CC(c2cc(C)nn2C)CC1=O. The van der Waals surface area contributed by atoms with Crippen molar-refractivity contribution in [3.63, 3.8) is 0 Å². The molecule has 1 saturated carbocycles. The first-order valence-electron chi connectivity index (χ1n) is 7.97. The van der Waals surface area contributed by atoms with Crippen molar-refractivity contribution in [3.8, 4) is 0 Å². The number of carbonyl (C=O) groups excluding carboxylic acids is 2. The standard InChI is InChI=1S/C17H22ClN3O3/c1-4-13(20-24-7-5-6-18)17-15(22)9-12(10-16(17)23)14-8-11(2)19-21(14)3/h5-6,8,12,17H,4,7,9-10H2,1-3H3. The summed E-state index contributed by atoms with van der Waals surface area (Å²) in [6.07, 6.45) is 2.71. The highest BCUT2D eigenvalue weighted by Gasteiger charge is 2.39. The van der Waals surface area contributed by atoms with Crippen molar-refractivity contribution in [3.05, 3.63) is 29.1 Å². The predicted octanol–water partition coefficient (Wildman–Crippen LogP) is 2.90. The molecule has 1 aliphatic rings. The van der Waals surface area contributed by atoms with Crippen molar-refractivity contribution >= 4 is 28.9 Å². The van der Waals surface area contributed by atoms with Gasteiger partial charge in [0.05, 0.1) is 11.4 Å². The lowest BCUT2D eigenvalue weighted by atomic mass is 9.76. The van der Waals surface area contributed by atoms with Crippen LogP contribution in [0.3, 0.4) is 0 Å². The minimum absolute atomic E-state index is 0.104. The fourth-order valence-electron chi connectivity index (χ4n) is 3.09. The first kappa shape index (κ1) is 18.4. The van der Waals surface area contributed by atoms with Gasteiger partial charge in [-0.3, -0.25) is 14.3 Å². The van der Waals surface area contributed by atoms with Crippen LogP contribution in [0, 0.1) is 12.8 Å². The Morgan fingerprint density at radius 3 is 2.62 bits per heavy atom. The first-order valence-corrected chi connectivity index (χ1v) is 8.41. The number of hydrogen-bond acceptors (Lipinski definition) is 5. The Kier molecular flexibility index (Phi) is 6.31. The van der Waals surface area contributed by atoms with E-state index in [9.17, 15) is 9.59 Å². The maximum absolute atomic E-state index is 12.6. The average Bonchev–Trinajstić information content (AvgIpc) is 2.87. The predicted molar refractivity (Wildman–Crippen MR) is 92.1 cm³/mol. The van der Waals surface area contributed by atoms with Gasteiger partial charge in [-0.25, -0.2) is 0 Å². The molecule has 0 spiro atoms. The molecule has 0 aliphatic heterocycles. The molecule has 0 unspecified atom stereocenters. The number of carbonyl (C=O) groups is 2. The molecule has 1 aromatic rings. The van der Waals surface area contributed by atoms with Crippen LogP contribution in [0.25, 0.3) is 0 Å². The van der Waals surface area contributed by atoms with Crippen LogP contribution in [0.4, 0.5) is 0 Å².